The molecule has 5 heteroatoms. The summed E-state index contributed by atoms with van der Waals surface area (Å²) in [6.07, 6.45) is 3.36. The number of carbonyl (C=O) groups is 1. The third-order valence-electron chi connectivity index (χ3n) is 3.47. The number of urea groups is 1. The first kappa shape index (κ1) is 16.9. The van der Waals surface area contributed by atoms with Gasteiger partial charge in [-0.1, -0.05) is 37.6 Å². The number of halogens is 2. The molecule has 0 fully saturated rings. The van der Waals surface area contributed by atoms with Crippen LogP contribution in [0.3, 0.4) is 0 Å². The van der Waals surface area contributed by atoms with Gasteiger partial charge in [0.1, 0.15) is 11.6 Å². The quantitative estimate of drug-likeness (QED) is 0.801. The number of amides is 2. The third-order valence-corrected chi connectivity index (χ3v) is 3.47. The highest BCUT2D eigenvalue weighted by Gasteiger charge is 2.07. The highest BCUT2D eigenvalue weighted by Crippen LogP contribution is 2.14. The Morgan fingerprint density at radius 1 is 1.04 bits per heavy atom. The predicted molar refractivity (Wildman–Crippen MR) is 87.3 cm³/mol. The number of rotatable bonds is 6. The molecule has 23 heavy (non-hydrogen) atoms. The number of anilines is 1. The molecule has 2 amide bonds. The van der Waals surface area contributed by atoms with Crippen LogP contribution in [-0.2, 0) is 13.0 Å². The van der Waals surface area contributed by atoms with Gasteiger partial charge in [-0.3, -0.25) is 0 Å². The number of nitrogens with one attached hydrogen (secondary N) is 2. The molecular formula is C18H20F2N2O. The largest absolute Gasteiger partial charge is 0.334 e. The highest BCUT2D eigenvalue weighted by atomic mass is 19.1. The molecule has 2 N–H and O–H groups in total. The van der Waals surface area contributed by atoms with E-state index in [-0.39, 0.29) is 5.69 Å². The van der Waals surface area contributed by atoms with Crippen molar-refractivity contribution in [3.05, 3.63) is 65.2 Å². The summed E-state index contributed by atoms with van der Waals surface area (Å²) in [4.78, 5) is 11.7. The molecule has 0 saturated heterocycles. The summed E-state index contributed by atoms with van der Waals surface area (Å²) >= 11 is 0. The smallest absolute Gasteiger partial charge is 0.319 e. The lowest BCUT2D eigenvalue weighted by molar-refractivity contribution is 0.251. The first-order chi connectivity index (χ1) is 11.1. The fraction of sp³-hybridized carbons (Fsp3) is 0.278. The number of unbranched alkanes of at least 4 members (excludes halogenated alkanes) is 1. The molecule has 0 heterocycles. The number of carbonyl (C=O) groups excluding carboxylic acids is 1. The van der Waals surface area contributed by atoms with Crippen LogP contribution in [0.2, 0.25) is 0 Å². The zero-order valence-corrected chi connectivity index (χ0v) is 13.0. The molecule has 0 saturated carbocycles. The second-order valence-corrected chi connectivity index (χ2v) is 5.35. The summed E-state index contributed by atoms with van der Waals surface area (Å²) < 4.78 is 26.2. The fourth-order valence-electron chi connectivity index (χ4n) is 2.14. The first-order valence-electron chi connectivity index (χ1n) is 7.66. The molecule has 0 aliphatic heterocycles. The molecule has 0 aromatic heterocycles. The van der Waals surface area contributed by atoms with E-state index in [9.17, 15) is 13.6 Å². The molecule has 3 nitrogen and oxygen atoms in total. The van der Waals surface area contributed by atoms with Crippen LogP contribution in [0, 0.1) is 11.6 Å². The maximum Gasteiger partial charge on any atom is 0.319 e. The Hall–Kier alpha value is -2.43. The van der Waals surface area contributed by atoms with Crippen LogP contribution in [-0.4, -0.2) is 6.03 Å². The molecule has 2 rings (SSSR count). The summed E-state index contributed by atoms with van der Waals surface area (Å²) in [5.41, 5.74) is 2.17. The molecule has 0 aliphatic rings. The Kier molecular flexibility index (Phi) is 6.09. The molecule has 0 spiro atoms. The van der Waals surface area contributed by atoms with Gasteiger partial charge in [0.25, 0.3) is 0 Å². The summed E-state index contributed by atoms with van der Waals surface area (Å²) in [6, 6.07) is 10.5. The second kappa shape index (κ2) is 8.27. The van der Waals surface area contributed by atoms with Crippen LogP contribution in [0.4, 0.5) is 19.3 Å². The molecule has 0 aliphatic carbocycles. The van der Waals surface area contributed by atoms with Crippen molar-refractivity contribution in [2.75, 3.05) is 5.32 Å². The van der Waals surface area contributed by atoms with Gasteiger partial charge < -0.3 is 10.6 Å². The van der Waals surface area contributed by atoms with Gasteiger partial charge in [-0.05, 0) is 36.1 Å². The number of benzene rings is 2. The van der Waals surface area contributed by atoms with E-state index in [1.807, 2.05) is 24.3 Å². The van der Waals surface area contributed by atoms with Crippen molar-refractivity contribution < 1.29 is 13.6 Å². The predicted octanol–water partition coefficient (Wildman–Crippen LogP) is 4.63. The second-order valence-electron chi connectivity index (χ2n) is 5.35. The van der Waals surface area contributed by atoms with E-state index in [0.717, 1.165) is 37.0 Å². The average Bonchev–Trinajstić information content (AvgIpc) is 2.54. The van der Waals surface area contributed by atoms with Crippen molar-refractivity contribution in [3.8, 4) is 0 Å². The number of aryl methyl sites for hydroxylation is 1. The van der Waals surface area contributed by atoms with Crippen molar-refractivity contribution in [2.24, 2.45) is 0 Å². The molecule has 122 valence electrons. The zero-order chi connectivity index (χ0) is 16.7. The molecular weight excluding hydrogens is 298 g/mol. The first-order valence-corrected chi connectivity index (χ1v) is 7.66. The topological polar surface area (TPSA) is 41.1 Å². The SMILES string of the molecule is CCCCc1ccc(CNC(=O)Nc2ccc(F)cc2F)cc1. The summed E-state index contributed by atoms with van der Waals surface area (Å²) in [5, 5.41) is 5.00. The number of hydrogen-bond donors (Lipinski definition) is 2. The van der Waals surface area contributed by atoms with Gasteiger partial charge in [0.15, 0.2) is 0 Å². The Balaban J connectivity index is 1.84. The normalized spacial score (nSPS) is 10.4. The Bertz CT molecular complexity index is 657. The van der Waals surface area contributed by atoms with Crippen LogP contribution in [0.25, 0.3) is 0 Å². The van der Waals surface area contributed by atoms with Crippen molar-refractivity contribution in [2.45, 2.75) is 32.7 Å². The third kappa shape index (κ3) is 5.36. The van der Waals surface area contributed by atoms with Crippen molar-refractivity contribution in [3.63, 3.8) is 0 Å². The van der Waals surface area contributed by atoms with E-state index in [4.69, 9.17) is 0 Å². The van der Waals surface area contributed by atoms with Gasteiger partial charge in [0.2, 0.25) is 0 Å². The zero-order valence-electron chi connectivity index (χ0n) is 13.0. The molecule has 2 aromatic rings. The lowest BCUT2D eigenvalue weighted by atomic mass is 10.1. The number of hydrogen-bond acceptors (Lipinski definition) is 1. The maximum atomic E-state index is 13.4. The van der Waals surface area contributed by atoms with Crippen molar-refractivity contribution >= 4 is 11.7 Å². The minimum atomic E-state index is -0.805. The van der Waals surface area contributed by atoms with E-state index in [2.05, 4.69) is 17.6 Å². The Morgan fingerprint density at radius 3 is 2.39 bits per heavy atom. The Morgan fingerprint density at radius 2 is 1.74 bits per heavy atom. The summed E-state index contributed by atoms with van der Waals surface area (Å²) in [7, 11) is 0. The fourth-order valence-corrected chi connectivity index (χ4v) is 2.14. The van der Waals surface area contributed by atoms with E-state index in [1.54, 1.807) is 0 Å². The van der Waals surface area contributed by atoms with Crippen molar-refractivity contribution in [1.82, 2.24) is 5.32 Å². The minimum Gasteiger partial charge on any atom is -0.334 e. The van der Waals surface area contributed by atoms with E-state index < -0.39 is 17.7 Å². The summed E-state index contributed by atoms with van der Waals surface area (Å²) in [5.74, 6) is -1.49. The highest BCUT2D eigenvalue weighted by molar-refractivity contribution is 5.89. The lowest BCUT2D eigenvalue weighted by Gasteiger charge is -2.09. The van der Waals surface area contributed by atoms with E-state index >= 15 is 0 Å². The Labute approximate surface area is 134 Å². The van der Waals surface area contributed by atoms with Crippen LogP contribution in [0.1, 0.15) is 30.9 Å². The molecule has 0 radical (unpaired) electrons. The standard InChI is InChI=1S/C18H20F2N2O/c1-2-3-4-13-5-7-14(8-6-13)12-21-18(23)22-17-10-9-15(19)11-16(17)20/h5-11H,2-4,12H2,1H3,(H2,21,22,23). The van der Waals surface area contributed by atoms with Crippen LogP contribution < -0.4 is 10.6 Å². The van der Waals surface area contributed by atoms with Crippen molar-refractivity contribution in [1.29, 1.82) is 0 Å². The monoisotopic (exact) mass is 318 g/mol. The molecule has 0 bridgehead atoms. The van der Waals surface area contributed by atoms with E-state index in [0.29, 0.717) is 6.54 Å². The molecule has 0 atom stereocenters. The molecule has 2 aromatic carbocycles. The minimum absolute atomic E-state index is 0.0567. The van der Waals surface area contributed by atoms with Gasteiger partial charge in [0, 0.05) is 12.6 Å². The van der Waals surface area contributed by atoms with Gasteiger partial charge in [-0.25, -0.2) is 13.6 Å². The van der Waals surface area contributed by atoms with Gasteiger partial charge in [-0.2, -0.15) is 0 Å². The van der Waals surface area contributed by atoms with Crippen LogP contribution >= 0.6 is 0 Å². The average molecular weight is 318 g/mol. The van der Waals surface area contributed by atoms with Gasteiger partial charge >= 0.3 is 6.03 Å². The lowest BCUT2D eigenvalue weighted by Crippen LogP contribution is -2.28. The van der Waals surface area contributed by atoms with E-state index in [1.165, 1.54) is 11.6 Å². The van der Waals surface area contributed by atoms with Gasteiger partial charge in [-0.15, -0.1) is 0 Å². The maximum absolute atomic E-state index is 13.4. The summed E-state index contributed by atoms with van der Waals surface area (Å²) in [6.45, 7) is 2.49. The van der Waals surface area contributed by atoms with Crippen LogP contribution in [0.15, 0.2) is 42.5 Å². The molecule has 0 unspecified atom stereocenters. The van der Waals surface area contributed by atoms with Gasteiger partial charge in [0.05, 0.1) is 5.69 Å². The van der Waals surface area contributed by atoms with Crippen LogP contribution in [0.5, 0.6) is 0 Å².